The summed E-state index contributed by atoms with van der Waals surface area (Å²) < 4.78 is 0. The highest BCUT2D eigenvalue weighted by molar-refractivity contribution is 5.78. The summed E-state index contributed by atoms with van der Waals surface area (Å²) in [5.41, 5.74) is 2.50. The first kappa shape index (κ1) is 15.0. The van der Waals surface area contributed by atoms with Gasteiger partial charge >= 0.3 is 0 Å². The van der Waals surface area contributed by atoms with E-state index in [1.165, 1.54) is 11.1 Å². The highest BCUT2D eigenvalue weighted by atomic mass is 14.9. The van der Waals surface area contributed by atoms with E-state index in [1.807, 2.05) is 0 Å². The van der Waals surface area contributed by atoms with Crippen molar-refractivity contribution in [2.45, 2.75) is 46.6 Å². The first-order valence-electron chi connectivity index (χ1n) is 7.59. The van der Waals surface area contributed by atoms with Gasteiger partial charge in [-0.1, -0.05) is 52.0 Å². The quantitative estimate of drug-likeness (QED) is 0.881. The molecule has 1 atom stereocenters. The maximum Gasteiger partial charge on any atom is 0.0705 e. The van der Waals surface area contributed by atoms with Crippen LogP contribution in [0.4, 0.5) is 0 Å². The number of nitrogens with one attached hydrogen (secondary N) is 1. The molecule has 1 heterocycles. The third-order valence-corrected chi connectivity index (χ3v) is 3.76. The first-order valence-corrected chi connectivity index (χ1v) is 7.59. The topological polar surface area (TPSA) is 24.9 Å². The lowest BCUT2D eigenvalue weighted by atomic mass is 9.84. The van der Waals surface area contributed by atoms with Gasteiger partial charge in [-0.05, 0) is 30.5 Å². The Hall–Kier alpha value is -1.41. The molecule has 0 aliphatic carbocycles. The van der Waals surface area contributed by atoms with Crippen LogP contribution in [0.15, 0.2) is 36.4 Å². The van der Waals surface area contributed by atoms with Gasteiger partial charge in [0.05, 0.1) is 5.52 Å². The number of para-hydroxylation sites is 1. The molecule has 20 heavy (non-hydrogen) atoms. The highest BCUT2D eigenvalue weighted by Gasteiger charge is 2.24. The van der Waals surface area contributed by atoms with Gasteiger partial charge in [0.2, 0.25) is 0 Å². The van der Waals surface area contributed by atoms with Crippen LogP contribution in [0.1, 0.15) is 39.8 Å². The van der Waals surface area contributed by atoms with Crippen molar-refractivity contribution >= 4 is 10.9 Å². The Labute approximate surface area is 122 Å². The van der Waals surface area contributed by atoms with Crippen LogP contribution in [-0.2, 0) is 6.42 Å². The fourth-order valence-corrected chi connectivity index (χ4v) is 2.43. The Balaban J connectivity index is 2.19. The van der Waals surface area contributed by atoms with Crippen LogP contribution in [0, 0.1) is 5.41 Å². The van der Waals surface area contributed by atoms with Gasteiger partial charge in [-0.2, -0.15) is 0 Å². The van der Waals surface area contributed by atoms with E-state index in [2.05, 4.69) is 69.4 Å². The predicted molar refractivity (Wildman–Crippen MR) is 87.0 cm³/mol. The lowest BCUT2D eigenvalue weighted by molar-refractivity contribution is 0.265. The lowest BCUT2D eigenvalue weighted by Gasteiger charge is -2.31. The maximum atomic E-state index is 4.80. The molecule has 0 aliphatic heterocycles. The largest absolute Gasteiger partial charge is 0.313 e. The third kappa shape index (κ3) is 3.80. The molecule has 1 aromatic carbocycles. The minimum atomic E-state index is 0.239. The van der Waals surface area contributed by atoms with Gasteiger partial charge in [0.25, 0.3) is 0 Å². The summed E-state index contributed by atoms with van der Waals surface area (Å²) in [6.45, 7) is 10.2. The van der Waals surface area contributed by atoms with E-state index in [0.717, 1.165) is 24.9 Å². The molecule has 1 unspecified atom stereocenters. The van der Waals surface area contributed by atoms with Crippen molar-refractivity contribution < 1.29 is 0 Å². The minimum absolute atomic E-state index is 0.239. The summed E-state index contributed by atoms with van der Waals surface area (Å²) in [6, 6.07) is 13.1. The van der Waals surface area contributed by atoms with Gasteiger partial charge in [-0.25, -0.2) is 0 Å². The van der Waals surface area contributed by atoms with Crippen molar-refractivity contribution in [3.8, 4) is 0 Å². The number of nitrogens with zero attached hydrogens (tertiary/aromatic N) is 1. The second-order valence-corrected chi connectivity index (χ2v) is 6.57. The average Bonchev–Trinajstić information content (AvgIpc) is 2.42. The smallest absolute Gasteiger partial charge is 0.0705 e. The summed E-state index contributed by atoms with van der Waals surface area (Å²) in [6.07, 6.45) is 2.14. The Morgan fingerprint density at radius 2 is 1.85 bits per heavy atom. The second-order valence-electron chi connectivity index (χ2n) is 6.57. The molecule has 0 fully saturated rings. The zero-order valence-corrected chi connectivity index (χ0v) is 13.1. The fourth-order valence-electron chi connectivity index (χ4n) is 2.43. The highest BCUT2D eigenvalue weighted by Crippen LogP contribution is 2.23. The Bertz CT molecular complexity index is 555. The zero-order chi connectivity index (χ0) is 14.6. The molecule has 2 aromatic rings. The summed E-state index contributed by atoms with van der Waals surface area (Å²) in [5.74, 6) is 0. The molecule has 0 saturated carbocycles. The van der Waals surface area contributed by atoms with Crippen LogP contribution in [0.2, 0.25) is 0 Å². The van der Waals surface area contributed by atoms with Crippen LogP contribution in [-0.4, -0.2) is 17.6 Å². The van der Waals surface area contributed by atoms with E-state index in [-0.39, 0.29) is 5.41 Å². The van der Waals surface area contributed by atoms with E-state index < -0.39 is 0 Å². The Morgan fingerprint density at radius 1 is 1.10 bits per heavy atom. The van der Waals surface area contributed by atoms with Gasteiger partial charge in [0.1, 0.15) is 0 Å². The van der Waals surface area contributed by atoms with Crippen LogP contribution < -0.4 is 5.32 Å². The fraction of sp³-hybridized carbons (Fsp3) is 0.500. The van der Waals surface area contributed by atoms with Crippen molar-refractivity contribution in [3.63, 3.8) is 0 Å². The number of fused-ring (bicyclic) bond motifs is 1. The molecule has 0 spiro atoms. The van der Waals surface area contributed by atoms with Crippen molar-refractivity contribution in [3.05, 3.63) is 42.1 Å². The molecular formula is C18H26N2. The van der Waals surface area contributed by atoms with Gasteiger partial charge in [-0.3, -0.25) is 4.98 Å². The van der Waals surface area contributed by atoms with Crippen molar-refractivity contribution in [2.75, 3.05) is 6.54 Å². The Morgan fingerprint density at radius 3 is 2.55 bits per heavy atom. The zero-order valence-electron chi connectivity index (χ0n) is 13.1. The van der Waals surface area contributed by atoms with E-state index in [9.17, 15) is 0 Å². The lowest BCUT2D eigenvalue weighted by Crippen LogP contribution is -2.42. The van der Waals surface area contributed by atoms with Gasteiger partial charge in [0.15, 0.2) is 0 Å². The van der Waals surface area contributed by atoms with E-state index >= 15 is 0 Å². The molecule has 0 amide bonds. The van der Waals surface area contributed by atoms with Crippen molar-refractivity contribution in [1.82, 2.24) is 10.3 Å². The monoisotopic (exact) mass is 270 g/mol. The third-order valence-electron chi connectivity index (χ3n) is 3.76. The normalized spacial score (nSPS) is 13.6. The maximum absolute atomic E-state index is 4.80. The molecule has 0 saturated heterocycles. The van der Waals surface area contributed by atoms with E-state index in [4.69, 9.17) is 4.98 Å². The van der Waals surface area contributed by atoms with Crippen LogP contribution >= 0.6 is 0 Å². The van der Waals surface area contributed by atoms with Crippen LogP contribution in [0.3, 0.4) is 0 Å². The number of hydrogen-bond donors (Lipinski definition) is 1. The summed E-state index contributed by atoms with van der Waals surface area (Å²) >= 11 is 0. The van der Waals surface area contributed by atoms with Gasteiger partial charge in [-0.15, -0.1) is 0 Å². The minimum Gasteiger partial charge on any atom is -0.313 e. The van der Waals surface area contributed by atoms with Crippen molar-refractivity contribution in [2.24, 2.45) is 5.41 Å². The van der Waals surface area contributed by atoms with Gasteiger partial charge < -0.3 is 5.32 Å². The summed E-state index contributed by atoms with van der Waals surface area (Å²) in [7, 11) is 0. The number of rotatable bonds is 5. The Kier molecular flexibility index (Phi) is 4.77. The van der Waals surface area contributed by atoms with Crippen LogP contribution in [0.5, 0.6) is 0 Å². The molecule has 1 aromatic heterocycles. The number of hydrogen-bond acceptors (Lipinski definition) is 2. The van der Waals surface area contributed by atoms with E-state index in [0.29, 0.717) is 6.04 Å². The average molecular weight is 270 g/mol. The van der Waals surface area contributed by atoms with Gasteiger partial charge in [0, 0.05) is 23.5 Å². The predicted octanol–water partition coefficient (Wildman–Crippen LogP) is 4.19. The first-order chi connectivity index (χ1) is 9.50. The molecule has 0 radical (unpaired) electrons. The molecule has 1 N–H and O–H groups in total. The molecule has 0 bridgehead atoms. The molecular weight excluding hydrogens is 244 g/mol. The van der Waals surface area contributed by atoms with E-state index in [1.54, 1.807) is 0 Å². The number of benzene rings is 1. The van der Waals surface area contributed by atoms with Crippen molar-refractivity contribution in [1.29, 1.82) is 0 Å². The standard InChI is InChI=1S/C18H26N2/c1-5-12-19-17(18(2,3)4)13-15-11-10-14-8-6-7-9-16(14)20-15/h6-11,17,19H,5,12-13H2,1-4H3. The molecule has 2 heteroatoms. The number of aromatic nitrogens is 1. The second kappa shape index (κ2) is 6.36. The van der Waals surface area contributed by atoms with Crippen LogP contribution in [0.25, 0.3) is 10.9 Å². The summed E-state index contributed by atoms with van der Waals surface area (Å²) in [5, 5.41) is 4.88. The SMILES string of the molecule is CCCNC(Cc1ccc2ccccc2n1)C(C)(C)C. The molecule has 108 valence electrons. The number of pyridine rings is 1. The summed E-state index contributed by atoms with van der Waals surface area (Å²) in [4.78, 5) is 4.80. The molecule has 0 aliphatic rings. The molecule has 2 rings (SSSR count). The molecule has 2 nitrogen and oxygen atoms in total.